The van der Waals surface area contributed by atoms with Crippen molar-refractivity contribution in [3.8, 4) is 0 Å². The van der Waals surface area contributed by atoms with Gasteiger partial charge in [-0.15, -0.1) is 5.10 Å². The zero-order valence-corrected chi connectivity index (χ0v) is 21.4. The molecule has 5 rings (SSSR count). The van der Waals surface area contributed by atoms with E-state index >= 15 is 0 Å². The van der Waals surface area contributed by atoms with Gasteiger partial charge in [0.05, 0.1) is 12.1 Å². The Morgan fingerprint density at radius 1 is 0.865 bits per heavy atom. The number of nitrogens with zero attached hydrogens (tertiary/aromatic N) is 5. The third-order valence-corrected chi connectivity index (χ3v) is 7.01. The normalized spacial score (nSPS) is 11.4. The number of fused-ring (bicyclic) bond motifs is 1. The van der Waals surface area contributed by atoms with Gasteiger partial charge in [0.2, 0.25) is 0 Å². The Balaban J connectivity index is 1.38. The third-order valence-electron chi connectivity index (χ3n) is 7.01. The Morgan fingerprint density at radius 3 is 2.30 bits per heavy atom. The van der Waals surface area contributed by atoms with Crippen LogP contribution in [0.15, 0.2) is 83.7 Å². The van der Waals surface area contributed by atoms with Crippen molar-refractivity contribution in [1.29, 1.82) is 0 Å². The van der Waals surface area contributed by atoms with Crippen molar-refractivity contribution in [2.45, 2.75) is 46.3 Å². The summed E-state index contributed by atoms with van der Waals surface area (Å²) in [7, 11) is 0. The molecule has 0 unspecified atom stereocenters. The lowest BCUT2D eigenvalue weighted by atomic mass is 10.0. The average Bonchev–Trinajstić information content (AvgIpc) is 3.37. The van der Waals surface area contributed by atoms with Crippen LogP contribution in [-0.4, -0.2) is 36.6 Å². The molecule has 3 aromatic carbocycles. The minimum atomic E-state index is -0.0467. The van der Waals surface area contributed by atoms with Crippen LogP contribution in [0.2, 0.25) is 0 Å². The van der Waals surface area contributed by atoms with E-state index in [-0.39, 0.29) is 5.56 Å². The number of benzene rings is 3. The molecule has 0 atom stereocenters. The lowest BCUT2D eigenvalue weighted by Gasteiger charge is -2.22. The summed E-state index contributed by atoms with van der Waals surface area (Å²) in [6, 6.07) is 27.0. The van der Waals surface area contributed by atoms with Gasteiger partial charge in [-0.3, -0.25) is 9.69 Å². The summed E-state index contributed by atoms with van der Waals surface area (Å²) in [4.78, 5) is 18.5. The molecular formula is C30H32N6O. The molecule has 0 spiro atoms. The molecule has 37 heavy (non-hydrogen) atoms. The van der Waals surface area contributed by atoms with Gasteiger partial charge in [0.25, 0.3) is 5.56 Å². The van der Waals surface area contributed by atoms with Crippen molar-refractivity contribution >= 4 is 10.9 Å². The second-order valence-corrected chi connectivity index (χ2v) is 9.60. The Hall–Kier alpha value is -4.10. The minimum Gasteiger partial charge on any atom is -0.321 e. The van der Waals surface area contributed by atoms with Crippen molar-refractivity contribution in [3.05, 3.63) is 123 Å². The molecule has 2 heterocycles. The van der Waals surface area contributed by atoms with Crippen molar-refractivity contribution in [2.24, 2.45) is 0 Å². The van der Waals surface area contributed by atoms with E-state index in [0.717, 1.165) is 47.2 Å². The fraction of sp³-hybridized carbons (Fsp3) is 0.267. The topological polar surface area (TPSA) is 79.7 Å². The highest BCUT2D eigenvalue weighted by atomic mass is 16.1. The fourth-order valence-corrected chi connectivity index (χ4v) is 4.66. The van der Waals surface area contributed by atoms with Crippen LogP contribution in [0.1, 0.15) is 33.6 Å². The molecule has 0 aliphatic heterocycles. The second kappa shape index (κ2) is 11.3. The van der Waals surface area contributed by atoms with Gasteiger partial charge in [0.1, 0.15) is 0 Å². The van der Waals surface area contributed by atoms with Gasteiger partial charge in [-0.05, 0) is 70.8 Å². The highest BCUT2D eigenvalue weighted by Gasteiger charge is 2.16. The van der Waals surface area contributed by atoms with E-state index in [1.807, 2.05) is 35.0 Å². The maximum atomic E-state index is 13.1. The molecule has 0 fully saturated rings. The van der Waals surface area contributed by atoms with Crippen LogP contribution in [0, 0.1) is 13.8 Å². The first-order chi connectivity index (χ1) is 18.1. The highest BCUT2D eigenvalue weighted by molar-refractivity contribution is 5.83. The zero-order chi connectivity index (χ0) is 25.6. The summed E-state index contributed by atoms with van der Waals surface area (Å²) in [6.45, 7) is 6.66. The molecule has 0 radical (unpaired) electrons. The monoisotopic (exact) mass is 492 g/mol. The minimum absolute atomic E-state index is 0.0467. The predicted octanol–water partition coefficient (Wildman–Crippen LogP) is 4.62. The molecule has 0 bridgehead atoms. The number of H-pyrrole nitrogens is 1. The quantitative estimate of drug-likeness (QED) is 0.308. The van der Waals surface area contributed by atoms with Crippen LogP contribution in [0.5, 0.6) is 0 Å². The zero-order valence-electron chi connectivity index (χ0n) is 21.4. The van der Waals surface area contributed by atoms with Crippen molar-refractivity contribution in [1.82, 2.24) is 30.1 Å². The van der Waals surface area contributed by atoms with Crippen molar-refractivity contribution in [2.75, 3.05) is 6.54 Å². The molecule has 2 aromatic heterocycles. The van der Waals surface area contributed by atoms with E-state index < -0.39 is 0 Å². The summed E-state index contributed by atoms with van der Waals surface area (Å²) < 4.78 is 1.87. The number of rotatable bonds is 10. The van der Waals surface area contributed by atoms with E-state index in [4.69, 9.17) is 0 Å². The van der Waals surface area contributed by atoms with Gasteiger partial charge in [-0.2, -0.15) is 0 Å². The highest BCUT2D eigenvalue weighted by Crippen LogP contribution is 2.20. The van der Waals surface area contributed by atoms with Gasteiger partial charge in [-0.1, -0.05) is 72.8 Å². The molecule has 7 heteroatoms. The first-order valence-corrected chi connectivity index (χ1v) is 12.7. The van der Waals surface area contributed by atoms with Crippen LogP contribution < -0.4 is 5.56 Å². The summed E-state index contributed by atoms with van der Waals surface area (Å²) in [5.41, 5.74) is 6.39. The van der Waals surface area contributed by atoms with Crippen LogP contribution in [0.25, 0.3) is 10.9 Å². The predicted molar refractivity (Wildman–Crippen MR) is 146 cm³/mol. The molecule has 7 nitrogen and oxygen atoms in total. The summed E-state index contributed by atoms with van der Waals surface area (Å²) in [5, 5.41) is 13.6. The SMILES string of the molecule is Cc1ccc2cc(CN(CCc3ccccc3)Cc3nnnn3CCc3ccccc3)c(=O)[nH]c2c1C. The number of hydrogen-bond acceptors (Lipinski definition) is 5. The number of aromatic amines is 1. The molecule has 0 aliphatic carbocycles. The lowest BCUT2D eigenvalue weighted by Crippen LogP contribution is -2.30. The average molecular weight is 493 g/mol. The van der Waals surface area contributed by atoms with E-state index in [1.165, 1.54) is 16.7 Å². The molecule has 0 saturated carbocycles. The summed E-state index contributed by atoms with van der Waals surface area (Å²) in [5.74, 6) is 0.799. The van der Waals surface area contributed by atoms with Crippen LogP contribution in [0.4, 0.5) is 0 Å². The Bertz CT molecular complexity index is 1520. The van der Waals surface area contributed by atoms with Crippen LogP contribution in [-0.2, 0) is 32.5 Å². The van der Waals surface area contributed by atoms with E-state index in [2.05, 4.69) is 87.8 Å². The largest absolute Gasteiger partial charge is 0.321 e. The van der Waals surface area contributed by atoms with Gasteiger partial charge in [-0.25, -0.2) is 4.68 Å². The second-order valence-electron chi connectivity index (χ2n) is 9.60. The number of aryl methyl sites for hydroxylation is 4. The smallest absolute Gasteiger partial charge is 0.252 e. The number of tetrazole rings is 1. The number of aromatic nitrogens is 5. The van der Waals surface area contributed by atoms with Crippen LogP contribution in [0.3, 0.4) is 0 Å². The number of nitrogens with one attached hydrogen (secondary N) is 1. The Kier molecular flexibility index (Phi) is 7.51. The molecule has 0 amide bonds. The Labute approximate surface area is 216 Å². The van der Waals surface area contributed by atoms with Gasteiger partial charge in [0.15, 0.2) is 5.82 Å². The third kappa shape index (κ3) is 6.01. The molecule has 188 valence electrons. The number of pyridine rings is 1. The molecule has 5 aromatic rings. The molecule has 0 saturated heterocycles. The van der Waals surface area contributed by atoms with Crippen molar-refractivity contribution in [3.63, 3.8) is 0 Å². The fourth-order valence-electron chi connectivity index (χ4n) is 4.66. The van der Waals surface area contributed by atoms with Gasteiger partial charge >= 0.3 is 0 Å². The van der Waals surface area contributed by atoms with E-state index in [0.29, 0.717) is 19.6 Å². The summed E-state index contributed by atoms with van der Waals surface area (Å²) in [6.07, 6.45) is 1.72. The van der Waals surface area contributed by atoms with Crippen molar-refractivity contribution < 1.29 is 0 Å². The molecular weight excluding hydrogens is 460 g/mol. The maximum absolute atomic E-state index is 13.1. The molecule has 1 N–H and O–H groups in total. The first kappa shape index (κ1) is 24.6. The van der Waals surface area contributed by atoms with E-state index in [9.17, 15) is 4.79 Å². The van der Waals surface area contributed by atoms with Gasteiger partial charge < -0.3 is 4.98 Å². The maximum Gasteiger partial charge on any atom is 0.252 e. The first-order valence-electron chi connectivity index (χ1n) is 12.7. The molecule has 0 aliphatic rings. The standard InChI is InChI=1S/C30H32N6O/c1-22-13-14-26-19-27(30(37)31-29(26)23(22)2)20-35(17-15-24-9-5-3-6-10-24)21-28-32-33-34-36(28)18-16-25-11-7-4-8-12-25/h3-14,19H,15-18,20-21H2,1-2H3,(H,31,37). The van der Waals surface area contributed by atoms with E-state index in [1.54, 1.807) is 0 Å². The Morgan fingerprint density at radius 2 is 1.57 bits per heavy atom. The van der Waals surface area contributed by atoms with Gasteiger partial charge in [0, 0.05) is 25.2 Å². The number of hydrogen-bond donors (Lipinski definition) is 1. The summed E-state index contributed by atoms with van der Waals surface area (Å²) >= 11 is 0. The van der Waals surface area contributed by atoms with Crippen LogP contribution >= 0.6 is 0 Å². The lowest BCUT2D eigenvalue weighted by molar-refractivity contribution is 0.247.